The highest BCUT2D eigenvalue weighted by Crippen LogP contribution is 2.33. The first kappa shape index (κ1) is 21.2. The van der Waals surface area contributed by atoms with E-state index in [-0.39, 0.29) is 11.9 Å². The van der Waals surface area contributed by atoms with Gasteiger partial charge in [0.1, 0.15) is 18.7 Å². The second-order valence-electron chi connectivity index (χ2n) is 7.36. The van der Waals surface area contributed by atoms with Gasteiger partial charge >= 0.3 is 0 Å². The van der Waals surface area contributed by atoms with Crippen LogP contribution in [0.25, 0.3) is 10.2 Å². The molecule has 2 N–H and O–H groups in total. The van der Waals surface area contributed by atoms with Gasteiger partial charge < -0.3 is 15.4 Å². The summed E-state index contributed by atoms with van der Waals surface area (Å²) in [5.74, 6) is 7.57. The largest absolute Gasteiger partial charge is 0.486 e. The zero-order valence-electron chi connectivity index (χ0n) is 17.3. The lowest BCUT2D eigenvalue weighted by atomic mass is 10.2. The lowest BCUT2D eigenvalue weighted by Crippen LogP contribution is -2.23. The van der Waals surface area contributed by atoms with Crippen molar-refractivity contribution in [3.63, 3.8) is 0 Å². The quantitative estimate of drug-likeness (QED) is 0.407. The van der Waals surface area contributed by atoms with Crippen molar-refractivity contribution in [2.75, 3.05) is 5.32 Å². The molecule has 9 heteroatoms. The number of hydrogen-bond donors (Lipinski definition) is 2. The van der Waals surface area contributed by atoms with Crippen LogP contribution in [0.4, 0.5) is 11.5 Å². The number of rotatable bonds is 5. The van der Waals surface area contributed by atoms with Crippen LogP contribution in [0.5, 0.6) is 5.75 Å². The van der Waals surface area contributed by atoms with Gasteiger partial charge in [0.15, 0.2) is 5.82 Å². The molecule has 7 nitrogen and oxygen atoms in total. The Morgan fingerprint density at radius 1 is 1.21 bits per heavy atom. The van der Waals surface area contributed by atoms with Crippen LogP contribution in [-0.2, 0) is 11.4 Å². The Morgan fingerprint density at radius 3 is 2.94 bits per heavy atom. The van der Waals surface area contributed by atoms with Gasteiger partial charge in [-0.25, -0.2) is 9.97 Å². The maximum absolute atomic E-state index is 11.3. The summed E-state index contributed by atoms with van der Waals surface area (Å²) < 4.78 is 6.68. The molecule has 1 amide bonds. The maximum Gasteiger partial charge on any atom is 0.221 e. The zero-order valence-corrected chi connectivity index (χ0v) is 18.9. The second-order valence-corrected chi connectivity index (χ2v) is 8.81. The van der Waals surface area contributed by atoms with E-state index >= 15 is 0 Å². The SMILES string of the molecule is O=C1CC[C@@H](C#Cc2cc3ncnc(Nc4ccc(OCc5ccccn5)c(Cl)c4)c3s2)N1. The highest BCUT2D eigenvalue weighted by Gasteiger charge is 2.18. The van der Waals surface area contributed by atoms with E-state index in [0.717, 1.165) is 32.9 Å². The lowest BCUT2D eigenvalue weighted by Gasteiger charge is -2.11. The fraction of sp³-hybridized carbons (Fsp3) is 0.167. The molecule has 5 rings (SSSR count). The van der Waals surface area contributed by atoms with Crippen molar-refractivity contribution in [3.05, 3.63) is 70.6 Å². The van der Waals surface area contributed by atoms with E-state index in [1.165, 1.54) is 17.7 Å². The molecule has 0 radical (unpaired) electrons. The number of aromatic nitrogens is 3. The molecule has 164 valence electrons. The van der Waals surface area contributed by atoms with Gasteiger partial charge in [0.25, 0.3) is 0 Å². The molecule has 0 saturated carbocycles. The molecular weight excluding hydrogens is 458 g/mol. The number of thiophene rings is 1. The summed E-state index contributed by atoms with van der Waals surface area (Å²) in [6.07, 6.45) is 4.51. The van der Waals surface area contributed by atoms with Gasteiger partial charge in [-0.15, -0.1) is 11.3 Å². The highest BCUT2D eigenvalue weighted by molar-refractivity contribution is 7.20. The summed E-state index contributed by atoms with van der Waals surface area (Å²) in [4.78, 5) is 25.2. The Hall–Kier alpha value is -3.67. The standard InChI is InChI=1S/C24H18ClN5O2S/c25-19-11-16(5-8-21(19)32-13-17-3-1-2-10-26-17)30-24-23-20(27-14-28-24)12-18(33-23)7-4-15-6-9-22(31)29-15/h1-3,5,8,10-12,14-15H,6,9,13H2,(H,29,31)(H,27,28,30)/t15-/m1/s1. The van der Waals surface area contributed by atoms with Gasteiger partial charge in [0.2, 0.25) is 5.91 Å². The predicted molar refractivity (Wildman–Crippen MR) is 129 cm³/mol. The number of fused-ring (bicyclic) bond motifs is 1. The fourth-order valence-corrected chi connectivity index (χ4v) is 4.51. The molecule has 33 heavy (non-hydrogen) atoms. The normalized spacial score (nSPS) is 15.1. The number of anilines is 2. The van der Waals surface area contributed by atoms with Crippen LogP contribution < -0.4 is 15.4 Å². The topological polar surface area (TPSA) is 89.0 Å². The molecule has 1 saturated heterocycles. The van der Waals surface area contributed by atoms with E-state index in [9.17, 15) is 4.79 Å². The van der Waals surface area contributed by atoms with E-state index in [2.05, 4.69) is 37.4 Å². The van der Waals surface area contributed by atoms with Crippen molar-refractivity contribution in [1.82, 2.24) is 20.3 Å². The van der Waals surface area contributed by atoms with Crippen molar-refractivity contribution in [2.24, 2.45) is 0 Å². The van der Waals surface area contributed by atoms with E-state index in [4.69, 9.17) is 16.3 Å². The number of nitrogens with one attached hydrogen (secondary N) is 2. The van der Waals surface area contributed by atoms with Crippen LogP contribution in [0.2, 0.25) is 5.02 Å². The van der Waals surface area contributed by atoms with Crippen LogP contribution in [-0.4, -0.2) is 26.9 Å². The van der Waals surface area contributed by atoms with Crippen LogP contribution >= 0.6 is 22.9 Å². The number of pyridine rings is 1. The molecule has 1 aliphatic rings. The number of hydrogen-bond acceptors (Lipinski definition) is 7. The zero-order chi connectivity index (χ0) is 22.6. The summed E-state index contributed by atoms with van der Waals surface area (Å²) in [5, 5.41) is 6.65. The van der Waals surface area contributed by atoms with Gasteiger partial charge in [0, 0.05) is 18.3 Å². The van der Waals surface area contributed by atoms with Gasteiger partial charge in [-0.05, 0) is 42.8 Å². The molecule has 0 unspecified atom stereocenters. The molecule has 3 aromatic heterocycles. The lowest BCUT2D eigenvalue weighted by molar-refractivity contribution is -0.119. The number of halogens is 1. The molecule has 1 fully saturated rings. The first-order chi connectivity index (χ1) is 16.1. The number of carbonyl (C=O) groups is 1. The van der Waals surface area contributed by atoms with Crippen LogP contribution in [0.1, 0.15) is 23.4 Å². The number of benzene rings is 1. The summed E-state index contributed by atoms with van der Waals surface area (Å²) in [5.41, 5.74) is 2.41. The summed E-state index contributed by atoms with van der Waals surface area (Å²) in [6, 6.07) is 13.0. The third-order valence-electron chi connectivity index (χ3n) is 4.97. The smallest absolute Gasteiger partial charge is 0.221 e. The van der Waals surface area contributed by atoms with Crippen molar-refractivity contribution >= 4 is 50.6 Å². The van der Waals surface area contributed by atoms with Crippen molar-refractivity contribution in [3.8, 4) is 17.6 Å². The Bertz CT molecular complexity index is 1380. The Balaban J connectivity index is 1.31. The molecule has 1 aliphatic heterocycles. The van der Waals surface area contributed by atoms with Crippen molar-refractivity contribution in [1.29, 1.82) is 0 Å². The highest BCUT2D eigenvalue weighted by atomic mass is 35.5. The van der Waals surface area contributed by atoms with E-state index in [1.54, 1.807) is 12.3 Å². The van der Waals surface area contributed by atoms with E-state index in [0.29, 0.717) is 29.6 Å². The summed E-state index contributed by atoms with van der Waals surface area (Å²) in [6.45, 7) is 0.337. The van der Waals surface area contributed by atoms with Crippen LogP contribution in [0, 0.1) is 11.8 Å². The predicted octanol–water partition coefficient (Wildman–Crippen LogP) is 4.69. The van der Waals surface area contributed by atoms with Crippen LogP contribution in [0.3, 0.4) is 0 Å². The van der Waals surface area contributed by atoms with Gasteiger partial charge in [-0.3, -0.25) is 9.78 Å². The number of amides is 1. The minimum atomic E-state index is -0.0908. The first-order valence-corrected chi connectivity index (χ1v) is 11.5. The molecule has 4 aromatic rings. The average Bonchev–Trinajstić information content (AvgIpc) is 3.44. The number of ether oxygens (including phenoxy) is 1. The first-order valence-electron chi connectivity index (χ1n) is 10.3. The summed E-state index contributed by atoms with van der Waals surface area (Å²) >= 11 is 7.94. The van der Waals surface area contributed by atoms with Gasteiger partial charge in [0.05, 0.1) is 31.9 Å². The monoisotopic (exact) mass is 475 g/mol. The fourth-order valence-electron chi connectivity index (χ4n) is 3.35. The van der Waals surface area contributed by atoms with Crippen molar-refractivity contribution in [2.45, 2.75) is 25.5 Å². The molecular formula is C24H18ClN5O2S. The third kappa shape index (κ3) is 5.06. The van der Waals surface area contributed by atoms with Crippen molar-refractivity contribution < 1.29 is 9.53 Å². The van der Waals surface area contributed by atoms with Gasteiger partial charge in [-0.1, -0.05) is 29.5 Å². The average molecular weight is 476 g/mol. The van der Waals surface area contributed by atoms with E-state index in [1.807, 2.05) is 36.4 Å². The minimum Gasteiger partial charge on any atom is -0.486 e. The summed E-state index contributed by atoms with van der Waals surface area (Å²) in [7, 11) is 0. The molecule has 1 aromatic carbocycles. The second kappa shape index (κ2) is 9.45. The number of carbonyl (C=O) groups excluding carboxylic acids is 1. The molecule has 0 aliphatic carbocycles. The minimum absolute atomic E-state index is 0.0507. The van der Waals surface area contributed by atoms with Gasteiger partial charge in [-0.2, -0.15) is 0 Å². The molecule has 0 spiro atoms. The Morgan fingerprint density at radius 2 is 2.15 bits per heavy atom. The third-order valence-corrected chi connectivity index (χ3v) is 6.31. The number of nitrogens with zero attached hydrogens (tertiary/aromatic N) is 3. The molecule has 0 bridgehead atoms. The van der Waals surface area contributed by atoms with E-state index < -0.39 is 0 Å². The Kier molecular flexibility index (Phi) is 6.07. The maximum atomic E-state index is 11.3. The molecule has 4 heterocycles. The Labute approximate surface area is 199 Å². The van der Waals surface area contributed by atoms with Crippen LogP contribution in [0.15, 0.2) is 55.0 Å². The molecule has 1 atom stereocenters.